The van der Waals surface area contributed by atoms with Crippen LogP contribution in [-0.4, -0.2) is 9.78 Å². The Labute approximate surface area is 85.4 Å². The van der Waals surface area contributed by atoms with E-state index in [1.54, 1.807) is 30.3 Å². The minimum atomic E-state index is -0.699. The average Bonchev–Trinajstić information content (AvgIpc) is 2.60. The number of rotatable bonds is 1. The van der Waals surface area contributed by atoms with Crippen molar-refractivity contribution in [3.63, 3.8) is 0 Å². The van der Waals surface area contributed by atoms with E-state index in [4.69, 9.17) is 11.0 Å². The maximum Gasteiger partial charge on any atom is 0.234 e. The average molecular weight is 202 g/mol. The molecule has 15 heavy (non-hydrogen) atoms. The van der Waals surface area contributed by atoms with Crippen molar-refractivity contribution in [3.05, 3.63) is 42.0 Å². The summed E-state index contributed by atoms with van der Waals surface area (Å²) in [5.74, 6) is -0.699. The lowest BCUT2D eigenvalue weighted by molar-refractivity contribution is 0.535. The predicted molar refractivity (Wildman–Crippen MR) is 52.6 cm³/mol. The van der Waals surface area contributed by atoms with Gasteiger partial charge in [-0.05, 0) is 12.1 Å². The van der Waals surface area contributed by atoms with Gasteiger partial charge in [0.25, 0.3) is 0 Å². The first-order valence-corrected chi connectivity index (χ1v) is 4.22. The van der Waals surface area contributed by atoms with E-state index in [2.05, 4.69) is 5.10 Å². The van der Waals surface area contributed by atoms with Crippen LogP contribution in [0.5, 0.6) is 0 Å². The Morgan fingerprint density at radius 2 is 2.13 bits per heavy atom. The number of nitriles is 1. The molecule has 4 nitrogen and oxygen atoms in total. The summed E-state index contributed by atoms with van der Waals surface area (Å²) in [4.78, 5) is 0. The van der Waals surface area contributed by atoms with Crippen LogP contribution in [0.1, 0.15) is 5.56 Å². The van der Waals surface area contributed by atoms with Gasteiger partial charge in [0.2, 0.25) is 5.95 Å². The highest BCUT2D eigenvalue weighted by Crippen LogP contribution is 2.18. The third-order valence-corrected chi connectivity index (χ3v) is 2.00. The van der Waals surface area contributed by atoms with Crippen LogP contribution < -0.4 is 5.73 Å². The summed E-state index contributed by atoms with van der Waals surface area (Å²) in [7, 11) is 0. The fourth-order valence-corrected chi connectivity index (χ4v) is 1.26. The first kappa shape index (κ1) is 9.21. The van der Waals surface area contributed by atoms with E-state index in [0.29, 0.717) is 11.4 Å². The van der Waals surface area contributed by atoms with Gasteiger partial charge in [0.15, 0.2) is 0 Å². The molecule has 0 spiro atoms. The molecule has 1 aromatic carbocycles. The van der Waals surface area contributed by atoms with Crippen molar-refractivity contribution in [2.45, 2.75) is 0 Å². The number of aromatic nitrogens is 2. The number of nitrogens with zero attached hydrogens (tertiary/aromatic N) is 3. The minimum Gasteiger partial charge on any atom is -0.397 e. The van der Waals surface area contributed by atoms with E-state index in [9.17, 15) is 4.39 Å². The first-order chi connectivity index (χ1) is 7.24. The summed E-state index contributed by atoms with van der Waals surface area (Å²) >= 11 is 0. The number of benzene rings is 1. The van der Waals surface area contributed by atoms with Crippen molar-refractivity contribution in [1.82, 2.24) is 9.78 Å². The summed E-state index contributed by atoms with van der Waals surface area (Å²) < 4.78 is 14.5. The summed E-state index contributed by atoms with van der Waals surface area (Å²) in [5.41, 5.74) is 6.40. The molecule has 0 aliphatic heterocycles. The molecule has 74 valence electrons. The SMILES string of the molecule is N#Cc1cnn(-c2ccccc2N)c1F. The van der Waals surface area contributed by atoms with Crippen molar-refractivity contribution >= 4 is 5.69 Å². The molecule has 1 heterocycles. The first-order valence-electron chi connectivity index (χ1n) is 4.22. The van der Waals surface area contributed by atoms with Gasteiger partial charge in [0, 0.05) is 0 Å². The van der Waals surface area contributed by atoms with Gasteiger partial charge in [-0.3, -0.25) is 0 Å². The van der Waals surface area contributed by atoms with E-state index in [-0.39, 0.29) is 5.56 Å². The molecule has 0 bridgehead atoms. The number of nitrogen functional groups attached to an aromatic ring is 1. The smallest absolute Gasteiger partial charge is 0.234 e. The fraction of sp³-hybridized carbons (Fsp3) is 0. The van der Waals surface area contributed by atoms with Crippen LogP contribution >= 0.6 is 0 Å². The molecule has 0 fully saturated rings. The van der Waals surface area contributed by atoms with Gasteiger partial charge >= 0.3 is 0 Å². The number of anilines is 1. The van der Waals surface area contributed by atoms with Gasteiger partial charge in [-0.2, -0.15) is 14.8 Å². The third-order valence-electron chi connectivity index (χ3n) is 2.00. The third kappa shape index (κ3) is 1.42. The standard InChI is InChI=1S/C10H7FN4/c11-10-7(5-12)6-14-15(10)9-4-2-1-3-8(9)13/h1-4,6H,13H2. The Bertz CT molecular complexity index is 539. The van der Waals surface area contributed by atoms with Crippen LogP contribution in [0.2, 0.25) is 0 Å². The molecule has 0 amide bonds. The van der Waals surface area contributed by atoms with E-state index in [1.807, 2.05) is 0 Å². The van der Waals surface area contributed by atoms with Crippen molar-refractivity contribution in [2.24, 2.45) is 0 Å². The molecule has 0 aliphatic rings. The molecular weight excluding hydrogens is 195 g/mol. The van der Waals surface area contributed by atoms with Crippen molar-refractivity contribution in [1.29, 1.82) is 5.26 Å². The summed E-state index contributed by atoms with van der Waals surface area (Å²) in [6.45, 7) is 0. The van der Waals surface area contributed by atoms with Crippen molar-refractivity contribution in [3.8, 4) is 11.8 Å². The Morgan fingerprint density at radius 3 is 2.73 bits per heavy atom. The number of hydrogen-bond donors (Lipinski definition) is 1. The van der Waals surface area contributed by atoms with Gasteiger partial charge in [0.1, 0.15) is 11.6 Å². The summed E-state index contributed by atoms with van der Waals surface area (Å²) in [6, 6.07) is 8.44. The topological polar surface area (TPSA) is 67.6 Å². The van der Waals surface area contributed by atoms with E-state index >= 15 is 0 Å². The predicted octanol–water partition coefficient (Wildman–Crippen LogP) is 1.47. The van der Waals surface area contributed by atoms with E-state index in [1.165, 1.54) is 6.20 Å². The number of nitrogens with two attached hydrogens (primary N) is 1. The monoisotopic (exact) mass is 202 g/mol. The number of hydrogen-bond acceptors (Lipinski definition) is 3. The van der Waals surface area contributed by atoms with Crippen LogP contribution in [0.4, 0.5) is 10.1 Å². The van der Waals surface area contributed by atoms with Crippen LogP contribution in [0, 0.1) is 17.3 Å². The van der Waals surface area contributed by atoms with E-state index < -0.39 is 5.95 Å². The fourth-order valence-electron chi connectivity index (χ4n) is 1.26. The molecule has 0 saturated carbocycles. The highest BCUT2D eigenvalue weighted by atomic mass is 19.1. The zero-order valence-electron chi connectivity index (χ0n) is 7.68. The van der Waals surface area contributed by atoms with Crippen LogP contribution in [-0.2, 0) is 0 Å². The zero-order chi connectivity index (χ0) is 10.8. The highest BCUT2D eigenvalue weighted by Gasteiger charge is 2.12. The quantitative estimate of drug-likeness (QED) is 0.712. The summed E-state index contributed by atoms with van der Waals surface area (Å²) in [6.07, 6.45) is 1.17. The molecule has 2 N–H and O–H groups in total. The van der Waals surface area contributed by atoms with Crippen LogP contribution in [0.25, 0.3) is 5.69 Å². The zero-order valence-corrected chi connectivity index (χ0v) is 7.68. The second-order valence-electron chi connectivity index (χ2n) is 2.93. The Hall–Kier alpha value is -2.35. The number of halogens is 1. The van der Waals surface area contributed by atoms with Gasteiger partial charge < -0.3 is 5.73 Å². The lowest BCUT2D eigenvalue weighted by Gasteiger charge is -2.04. The van der Waals surface area contributed by atoms with Crippen molar-refractivity contribution in [2.75, 3.05) is 5.73 Å². The lowest BCUT2D eigenvalue weighted by Crippen LogP contribution is -2.03. The number of para-hydroxylation sites is 2. The van der Waals surface area contributed by atoms with Gasteiger partial charge in [-0.25, -0.2) is 4.68 Å². The molecule has 0 unspecified atom stereocenters. The van der Waals surface area contributed by atoms with Gasteiger partial charge in [-0.15, -0.1) is 0 Å². The lowest BCUT2D eigenvalue weighted by atomic mass is 10.3. The molecule has 0 atom stereocenters. The maximum atomic E-state index is 13.5. The van der Waals surface area contributed by atoms with Crippen LogP contribution in [0.15, 0.2) is 30.5 Å². The normalized spacial score (nSPS) is 9.87. The molecule has 2 aromatic rings. The Morgan fingerprint density at radius 1 is 1.40 bits per heavy atom. The minimum absolute atomic E-state index is 0.0988. The van der Waals surface area contributed by atoms with Crippen molar-refractivity contribution < 1.29 is 4.39 Å². The molecule has 5 heteroatoms. The Kier molecular flexibility index (Phi) is 2.10. The Balaban J connectivity index is 2.61. The second-order valence-corrected chi connectivity index (χ2v) is 2.93. The summed E-state index contributed by atoms with van der Waals surface area (Å²) in [5, 5.41) is 12.3. The maximum absolute atomic E-state index is 13.5. The molecule has 0 saturated heterocycles. The molecular formula is C10H7FN4. The highest BCUT2D eigenvalue weighted by molar-refractivity contribution is 5.57. The van der Waals surface area contributed by atoms with Crippen LogP contribution in [0.3, 0.4) is 0 Å². The molecule has 0 radical (unpaired) electrons. The molecule has 1 aromatic heterocycles. The van der Waals surface area contributed by atoms with Gasteiger partial charge in [-0.1, -0.05) is 12.1 Å². The molecule has 0 aliphatic carbocycles. The van der Waals surface area contributed by atoms with Gasteiger partial charge in [0.05, 0.1) is 17.6 Å². The largest absolute Gasteiger partial charge is 0.397 e. The van der Waals surface area contributed by atoms with E-state index in [0.717, 1.165) is 4.68 Å². The second kappa shape index (κ2) is 3.42. The molecule has 2 rings (SSSR count).